The molecule has 0 aromatic rings. The van der Waals surface area contributed by atoms with Gasteiger partial charge in [-0.25, -0.2) is 0 Å². The van der Waals surface area contributed by atoms with Crippen molar-refractivity contribution in [2.24, 2.45) is 17.8 Å². The zero-order chi connectivity index (χ0) is 30.9. The molecule has 11 heteroatoms. The maximum atomic E-state index is 13.8. The Hall–Kier alpha value is -0.310. The van der Waals surface area contributed by atoms with Crippen LogP contribution in [-0.4, -0.2) is 55.0 Å². The van der Waals surface area contributed by atoms with E-state index in [1.165, 1.54) is 0 Å². The van der Waals surface area contributed by atoms with Gasteiger partial charge >= 0.3 is 17.9 Å². The van der Waals surface area contributed by atoms with E-state index in [1.54, 1.807) is 0 Å². The molecule has 0 fully saturated rings. The third-order valence-electron chi connectivity index (χ3n) is 7.09. The zero-order valence-corrected chi connectivity index (χ0v) is 29.8. The Morgan fingerprint density at radius 2 is 0.805 bits per heavy atom. The van der Waals surface area contributed by atoms with E-state index in [1.807, 2.05) is 0 Å². The van der Waals surface area contributed by atoms with E-state index in [4.69, 9.17) is 14.2 Å². The van der Waals surface area contributed by atoms with Gasteiger partial charge in [-0.2, -0.15) is 0 Å². The summed E-state index contributed by atoms with van der Waals surface area (Å²) < 4.78 is 27.0. The van der Waals surface area contributed by atoms with E-state index in [9.17, 15) is 18.9 Å². The second-order valence-corrected chi connectivity index (χ2v) is 22.1. The first-order chi connectivity index (χ1) is 19.7. The van der Waals surface area contributed by atoms with Gasteiger partial charge < -0.3 is 14.2 Å². The fourth-order valence-electron chi connectivity index (χ4n) is 3.96. The summed E-state index contributed by atoms with van der Waals surface area (Å²) in [5.41, 5.74) is 0. The van der Waals surface area contributed by atoms with Gasteiger partial charge in [-0.05, 0) is 37.0 Å². The SMILES string of the molecule is CCCCC(CC)COC(=O)CSP(=O)(SCC(=O)OCC(CC)CCCC)SCC(=O)OCC(CC)CCCC. The lowest BCUT2D eigenvalue weighted by Crippen LogP contribution is -2.16. The van der Waals surface area contributed by atoms with Gasteiger partial charge in [-0.15, -0.1) is 0 Å². The maximum Gasteiger partial charge on any atom is 0.316 e. The van der Waals surface area contributed by atoms with Crippen molar-refractivity contribution in [2.75, 3.05) is 37.1 Å². The van der Waals surface area contributed by atoms with E-state index in [2.05, 4.69) is 41.5 Å². The minimum atomic E-state index is -3.25. The molecule has 41 heavy (non-hydrogen) atoms. The molecule has 0 saturated carbocycles. The van der Waals surface area contributed by atoms with Crippen molar-refractivity contribution in [2.45, 2.75) is 119 Å². The number of ether oxygens (including phenoxy) is 3. The second kappa shape index (κ2) is 26.1. The summed E-state index contributed by atoms with van der Waals surface area (Å²) in [7, 11) is 0. The normalized spacial score (nSPS) is 15.0. The van der Waals surface area contributed by atoms with Gasteiger partial charge in [-0.1, -0.05) is 133 Å². The first-order valence-electron chi connectivity index (χ1n) is 15.7. The minimum absolute atomic E-state index is 0.102. The summed E-state index contributed by atoms with van der Waals surface area (Å²) in [4.78, 5) is 37.5. The third-order valence-corrected chi connectivity index (χ3v) is 18.8. The van der Waals surface area contributed by atoms with Crippen molar-refractivity contribution in [3.8, 4) is 0 Å². The van der Waals surface area contributed by atoms with Crippen LogP contribution in [0.25, 0.3) is 0 Å². The summed E-state index contributed by atoms with van der Waals surface area (Å²) in [6.45, 7) is 13.7. The predicted octanol–water partition coefficient (Wildman–Crippen LogP) is 9.57. The molecule has 7 nitrogen and oxygen atoms in total. The number of hydrogen-bond acceptors (Lipinski definition) is 10. The molecule has 0 saturated heterocycles. The maximum absolute atomic E-state index is 13.8. The van der Waals surface area contributed by atoms with E-state index >= 15 is 0 Å². The first-order valence-corrected chi connectivity index (χ1v) is 22.1. The van der Waals surface area contributed by atoms with Gasteiger partial charge in [0.25, 0.3) is 0 Å². The molecule has 0 N–H and O–H groups in total. The molecule has 242 valence electrons. The molecule has 0 aromatic heterocycles. The lowest BCUT2D eigenvalue weighted by molar-refractivity contribution is -0.142. The Morgan fingerprint density at radius 3 is 1.02 bits per heavy atom. The first kappa shape index (κ1) is 40.7. The highest BCUT2D eigenvalue weighted by molar-refractivity contribution is 9.14. The van der Waals surface area contributed by atoms with Gasteiger partial charge in [0.15, 0.2) is 0 Å². The van der Waals surface area contributed by atoms with E-state index in [0.29, 0.717) is 37.6 Å². The van der Waals surface area contributed by atoms with Crippen LogP contribution in [0.1, 0.15) is 119 Å². The highest BCUT2D eigenvalue weighted by Crippen LogP contribution is 2.77. The Labute approximate surface area is 262 Å². The van der Waals surface area contributed by atoms with Gasteiger partial charge in [0.1, 0.15) is 0 Å². The Kier molecular flexibility index (Phi) is 25.9. The lowest BCUT2D eigenvalue weighted by Gasteiger charge is -2.18. The topological polar surface area (TPSA) is 96.0 Å². The number of carbonyl (C=O) groups is 3. The van der Waals surface area contributed by atoms with E-state index < -0.39 is 22.7 Å². The van der Waals surface area contributed by atoms with Crippen LogP contribution >= 0.6 is 38.9 Å². The van der Waals surface area contributed by atoms with Crippen LogP contribution in [0.4, 0.5) is 0 Å². The molecular weight excluding hydrogens is 599 g/mol. The van der Waals surface area contributed by atoms with Crippen LogP contribution in [-0.2, 0) is 33.2 Å². The summed E-state index contributed by atoms with van der Waals surface area (Å²) in [6, 6.07) is 0. The molecule has 3 atom stereocenters. The number of unbranched alkanes of at least 4 members (excludes halogenated alkanes) is 3. The molecular formula is C30H57O7PS3. The molecule has 0 aliphatic heterocycles. The molecule has 0 spiro atoms. The van der Waals surface area contributed by atoms with Crippen molar-refractivity contribution < 1.29 is 33.2 Å². The Balaban J connectivity index is 5.04. The molecule has 0 radical (unpaired) electrons. The molecule has 0 aromatic carbocycles. The van der Waals surface area contributed by atoms with Crippen molar-refractivity contribution in [1.82, 2.24) is 0 Å². The largest absolute Gasteiger partial charge is 0.465 e. The molecule has 0 amide bonds. The van der Waals surface area contributed by atoms with Gasteiger partial charge in [0.05, 0.1) is 37.1 Å². The quantitative estimate of drug-likeness (QED) is 0.0483. The van der Waals surface area contributed by atoms with Crippen LogP contribution < -0.4 is 0 Å². The van der Waals surface area contributed by atoms with E-state index in [0.717, 1.165) is 111 Å². The van der Waals surface area contributed by atoms with Crippen LogP contribution in [0.5, 0.6) is 0 Å². The number of esters is 3. The molecule has 0 aliphatic rings. The monoisotopic (exact) mass is 656 g/mol. The zero-order valence-electron chi connectivity index (χ0n) is 26.5. The molecule has 0 aliphatic carbocycles. The van der Waals surface area contributed by atoms with Crippen molar-refractivity contribution in [3.05, 3.63) is 0 Å². The van der Waals surface area contributed by atoms with E-state index in [-0.39, 0.29) is 17.3 Å². The summed E-state index contributed by atoms with van der Waals surface area (Å²) in [5, 5.41) is 0. The minimum Gasteiger partial charge on any atom is -0.465 e. The average molecular weight is 657 g/mol. The second-order valence-electron chi connectivity index (χ2n) is 10.6. The highest BCUT2D eigenvalue weighted by atomic mass is 33.4. The van der Waals surface area contributed by atoms with Crippen LogP contribution in [0.3, 0.4) is 0 Å². The molecule has 3 unspecified atom stereocenters. The third kappa shape index (κ3) is 21.9. The van der Waals surface area contributed by atoms with Crippen molar-refractivity contribution in [3.63, 3.8) is 0 Å². The Morgan fingerprint density at radius 1 is 0.537 bits per heavy atom. The molecule has 0 rings (SSSR count). The standard InChI is InChI=1S/C30H57O7PS3/c1-7-13-16-25(10-4)19-35-28(31)22-39-38(34,40-23-29(32)36-20-26(11-5)17-14-8-2)41-24-30(33)37-21-27(12-6)18-15-9-3/h25-27H,7-24H2,1-6H3. The number of carbonyl (C=O) groups excluding carboxylic acids is 3. The smallest absolute Gasteiger partial charge is 0.316 e. The van der Waals surface area contributed by atoms with Crippen LogP contribution in [0, 0.1) is 17.8 Å². The summed E-state index contributed by atoms with van der Waals surface area (Å²) >= 11 is 2.89. The predicted molar refractivity (Wildman–Crippen MR) is 178 cm³/mol. The van der Waals surface area contributed by atoms with Crippen LogP contribution in [0.15, 0.2) is 0 Å². The fraction of sp³-hybridized carbons (Fsp3) is 0.900. The summed E-state index contributed by atoms with van der Waals surface area (Å²) in [6.07, 6.45) is 12.4. The van der Waals surface area contributed by atoms with Gasteiger partial charge in [0.2, 0.25) is 4.75 Å². The van der Waals surface area contributed by atoms with Crippen LogP contribution in [0.2, 0.25) is 0 Å². The highest BCUT2D eigenvalue weighted by Gasteiger charge is 2.30. The van der Waals surface area contributed by atoms with Crippen molar-refractivity contribution in [1.29, 1.82) is 0 Å². The molecule has 0 heterocycles. The van der Waals surface area contributed by atoms with Gasteiger partial charge in [0, 0.05) is 0 Å². The fourth-order valence-corrected chi connectivity index (χ4v) is 13.1. The number of hydrogen-bond donors (Lipinski definition) is 0. The van der Waals surface area contributed by atoms with Gasteiger partial charge in [-0.3, -0.25) is 18.9 Å². The number of rotatable bonds is 27. The molecule has 0 bridgehead atoms. The van der Waals surface area contributed by atoms with Crippen molar-refractivity contribution >= 4 is 56.8 Å². The summed E-state index contributed by atoms with van der Waals surface area (Å²) in [5.74, 6) is -0.646. The Bertz CT molecular complexity index is 658. The lowest BCUT2D eigenvalue weighted by atomic mass is 10.0. The average Bonchev–Trinajstić information content (AvgIpc) is 2.98.